The molecule has 0 aromatic carbocycles. The predicted octanol–water partition coefficient (Wildman–Crippen LogP) is 1.58. The van der Waals surface area contributed by atoms with E-state index in [4.69, 9.17) is 9.26 Å². The van der Waals surface area contributed by atoms with Gasteiger partial charge in [0.15, 0.2) is 5.82 Å². The predicted molar refractivity (Wildman–Crippen MR) is 68.4 cm³/mol. The summed E-state index contributed by atoms with van der Waals surface area (Å²) in [6.07, 6.45) is 6.76. The number of methoxy groups -OCH3 is 1. The molecule has 1 aliphatic rings. The molecule has 5 nitrogen and oxygen atoms in total. The minimum Gasteiger partial charge on any atom is -0.384 e. The Morgan fingerprint density at radius 1 is 1.39 bits per heavy atom. The van der Waals surface area contributed by atoms with Crippen LogP contribution in [0.1, 0.15) is 37.4 Å². The van der Waals surface area contributed by atoms with Gasteiger partial charge in [-0.1, -0.05) is 18.0 Å². The lowest BCUT2D eigenvalue weighted by Gasteiger charge is -2.30. The highest BCUT2D eigenvalue weighted by molar-refractivity contribution is 4.92. The molecule has 0 saturated heterocycles. The van der Waals surface area contributed by atoms with Crippen molar-refractivity contribution in [3.63, 3.8) is 0 Å². The summed E-state index contributed by atoms with van der Waals surface area (Å²) in [5.41, 5.74) is 0. The smallest absolute Gasteiger partial charge is 0.226 e. The molecule has 0 radical (unpaired) electrons. The molecule has 2 atom stereocenters. The summed E-state index contributed by atoms with van der Waals surface area (Å²) in [7, 11) is 3.72. The minimum atomic E-state index is 0.591. The first-order valence-electron chi connectivity index (χ1n) is 6.81. The first-order chi connectivity index (χ1) is 8.83. The molecule has 1 heterocycles. The number of nitrogens with zero attached hydrogens (tertiary/aromatic N) is 2. The van der Waals surface area contributed by atoms with Crippen molar-refractivity contribution >= 4 is 0 Å². The van der Waals surface area contributed by atoms with Gasteiger partial charge in [0, 0.05) is 26.0 Å². The fourth-order valence-corrected chi connectivity index (χ4v) is 2.72. The molecule has 0 amide bonds. The zero-order valence-electron chi connectivity index (χ0n) is 11.3. The van der Waals surface area contributed by atoms with Gasteiger partial charge >= 0.3 is 0 Å². The third-order valence-corrected chi connectivity index (χ3v) is 3.76. The van der Waals surface area contributed by atoms with Gasteiger partial charge in [-0.2, -0.15) is 4.98 Å². The van der Waals surface area contributed by atoms with Crippen molar-refractivity contribution in [1.82, 2.24) is 15.5 Å². The second kappa shape index (κ2) is 6.85. The highest BCUT2D eigenvalue weighted by atomic mass is 16.5. The Hall–Kier alpha value is -0.940. The van der Waals surface area contributed by atoms with E-state index in [0.29, 0.717) is 18.6 Å². The van der Waals surface area contributed by atoms with Gasteiger partial charge in [0.05, 0.1) is 6.61 Å². The SMILES string of the molecule is CNC1CCCCC1Cc1nc(CCOC)no1. The highest BCUT2D eigenvalue weighted by Crippen LogP contribution is 2.26. The van der Waals surface area contributed by atoms with Crippen LogP contribution in [-0.2, 0) is 17.6 Å². The average molecular weight is 253 g/mol. The molecule has 1 N–H and O–H groups in total. The first kappa shape index (κ1) is 13.5. The Bertz CT molecular complexity index is 354. The van der Waals surface area contributed by atoms with Crippen LogP contribution in [0.25, 0.3) is 0 Å². The van der Waals surface area contributed by atoms with Crippen molar-refractivity contribution in [2.24, 2.45) is 5.92 Å². The number of hydrogen-bond acceptors (Lipinski definition) is 5. The molecule has 1 saturated carbocycles. The molecule has 18 heavy (non-hydrogen) atoms. The van der Waals surface area contributed by atoms with Gasteiger partial charge in [0.1, 0.15) is 0 Å². The summed E-state index contributed by atoms with van der Waals surface area (Å²) in [6, 6.07) is 0.591. The van der Waals surface area contributed by atoms with Crippen LogP contribution in [-0.4, -0.2) is 36.9 Å². The molecular weight excluding hydrogens is 230 g/mol. The van der Waals surface area contributed by atoms with E-state index in [1.807, 2.05) is 7.05 Å². The first-order valence-corrected chi connectivity index (χ1v) is 6.81. The van der Waals surface area contributed by atoms with Gasteiger partial charge < -0.3 is 14.6 Å². The maximum absolute atomic E-state index is 5.31. The number of hydrogen-bond donors (Lipinski definition) is 1. The van der Waals surface area contributed by atoms with Gasteiger partial charge in [0.2, 0.25) is 5.89 Å². The summed E-state index contributed by atoms with van der Waals surface area (Å²) >= 11 is 0. The van der Waals surface area contributed by atoms with Crippen LogP contribution >= 0.6 is 0 Å². The van der Waals surface area contributed by atoms with Crippen molar-refractivity contribution in [3.8, 4) is 0 Å². The second-order valence-corrected chi connectivity index (χ2v) is 4.99. The fraction of sp³-hybridized carbons (Fsp3) is 0.846. The van der Waals surface area contributed by atoms with E-state index in [2.05, 4.69) is 15.5 Å². The number of nitrogens with one attached hydrogen (secondary N) is 1. The summed E-state index contributed by atoms with van der Waals surface area (Å²) < 4.78 is 10.3. The summed E-state index contributed by atoms with van der Waals surface area (Å²) in [6.45, 7) is 0.640. The number of ether oxygens (including phenoxy) is 1. The van der Waals surface area contributed by atoms with Gasteiger partial charge in [0.25, 0.3) is 0 Å². The van der Waals surface area contributed by atoms with Crippen LogP contribution in [0.3, 0.4) is 0 Å². The van der Waals surface area contributed by atoms with Crippen LogP contribution in [0.4, 0.5) is 0 Å². The third kappa shape index (κ3) is 3.53. The molecular formula is C13H23N3O2. The van der Waals surface area contributed by atoms with Crippen molar-refractivity contribution in [1.29, 1.82) is 0 Å². The Balaban J connectivity index is 1.89. The molecule has 102 valence electrons. The Morgan fingerprint density at radius 2 is 2.22 bits per heavy atom. The molecule has 0 bridgehead atoms. The lowest BCUT2D eigenvalue weighted by Crippen LogP contribution is -2.37. The van der Waals surface area contributed by atoms with Crippen molar-refractivity contribution in [3.05, 3.63) is 11.7 Å². The number of rotatable bonds is 6. The van der Waals surface area contributed by atoms with Crippen LogP contribution in [0, 0.1) is 5.92 Å². The van der Waals surface area contributed by atoms with Crippen LogP contribution in [0.2, 0.25) is 0 Å². The van der Waals surface area contributed by atoms with Gasteiger partial charge in [-0.15, -0.1) is 0 Å². The minimum absolute atomic E-state index is 0.591. The Kier molecular flexibility index (Phi) is 5.13. The summed E-state index contributed by atoms with van der Waals surface area (Å²) in [4.78, 5) is 4.43. The van der Waals surface area contributed by atoms with E-state index < -0.39 is 0 Å². The maximum Gasteiger partial charge on any atom is 0.226 e. The van der Waals surface area contributed by atoms with E-state index in [-0.39, 0.29) is 0 Å². The second-order valence-electron chi connectivity index (χ2n) is 4.99. The average Bonchev–Trinajstić information content (AvgIpc) is 2.84. The lowest BCUT2D eigenvalue weighted by atomic mass is 9.82. The van der Waals surface area contributed by atoms with Crippen molar-refractivity contribution in [2.75, 3.05) is 20.8 Å². The molecule has 1 aliphatic carbocycles. The summed E-state index contributed by atoms with van der Waals surface area (Å²) in [5, 5.41) is 7.39. The van der Waals surface area contributed by atoms with E-state index >= 15 is 0 Å². The normalized spacial score (nSPS) is 24.3. The molecule has 5 heteroatoms. The molecule has 1 aromatic rings. The molecule has 1 aromatic heterocycles. The standard InChI is InChI=1S/C13H23N3O2/c1-14-11-6-4-3-5-10(11)9-13-15-12(16-18-13)7-8-17-2/h10-11,14H,3-9H2,1-2H3. The van der Waals surface area contributed by atoms with Crippen LogP contribution in [0.15, 0.2) is 4.52 Å². The maximum atomic E-state index is 5.31. The summed E-state index contributed by atoms with van der Waals surface area (Å²) in [5.74, 6) is 2.15. The van der Waals surface area contributed by atoms with Crippen molar-refractivity contribution in [2.45, 2.75) is 44.6 Å². The molecule has 1 fully saturated rings. The highest BCUT2D eigenvalue weighted by Gasteiger charge is 2.25. The lowest BCUT2D eigenvalue weighted by molar-refractivity contribution is 0.199. The molecule has 0 spiro atoms. The number of aromatic nitrogens is 2. The molecule has 2 rings (SSSR count). The Morgan fingerprint density at radius 3 is 3.00 bits per heavy atom. The monoisotopic (exact) mass is 253 g/mol. The molecule has 2 unspecified atom stereocenters. The van der Waals surface area contributed by atoms with E-state index in [1.54, 1.807) is 7.11 Å². The largest absolute Gasteiger partial charge is 0.384 e. The van der Waals surface area contributed by atoms with Crippen LogP contribution in [0.5, 0.6) is 0 Å². The van der Waals surface area contributed by atoms with Gasteiger partial charge in [-0.25, -0.2) is 0 Å². The quantitative estimate of drug-likeness (QED) is 0.834. The molecule has 0 aliphatic heterocycles. The third-order valence-electron chi connectivity index (χ3n) is 3.76. The zero-order valence-corrected chi connectivity index (χ0v) is 11.3. The zero-order chi connectivity index (χ0) is 12.8. The van der Waals surface area contributed by atoms with E-state index in [9.17, 15) is 0 Å². The van der Waals surface area contributed by atoms with Crippen molar-refractivity contribution < 1.29 is 9.26 Å². The Labute approximate surface area is 108 Å². The van der Waals surface area contributed by atoms with Gasteiger partial charge in [-0.05, 0) is 25.8 Å². The fourth-order valence-electron chi connectivity index (χ4n) is 2.72. The topological polar surface area (TPSA) is 60.2 Å². The van der Waals surface area contributed by atoms with E-state index in [1.165, 1.54) is 25.7 Å². The van der Waals surface area contributed by atoms with Gasteiger partial charge in [-0.3, -0.25) is 0 Å². The van der Waals surface area contributed by atoms with E-state index in [0.717, 1.165) is 24.6 Å². The van der Waals surface area contributed by atoms with Crippen LogP contribution < -0.4 is 5.32 Å².